The molecule has 0 unspecified atom stereocenters. The van der Waals surface area contributed by atoms with Gasteiger partial charge < -0.3 is 19.7 Å². The summed E-state index contributed by atoms with van der Waals surface area (Å²) in [5.41, 5.74) is 3.79. The lowest BCUT2D eigenvalue weighted by Gasteiger charge is -2.14. The average molecular weight is 486 g/mol. The number of hydrogen-bond acceptors (Lipinski definition) is 7. The average Bonchev–Trinajstić information content (AvgIpc) is 2.87. The van der Waals surface area contributed by atoms with Gasteiger partial charge in [-0.3, -0.25) is 0 Å². The van der Waals surface area contributed by atoms with Crippen LogP contribution in [0.1, 0.15) is 37.8 Å². The molecule has 1 heterocycles. The highest BCUT2D eigenvalue weighted by atomic mass is 16.5. The summed E-state index contributed by atoms with van der Waals surface area (Å²) in [5, 5.41) is 22.0. The second kappa shape index (κ2) is 11.1. The number of aryl methyl sites for hydroxylation is 2. The van der Waals surface area contributed by atoms with Crippen molar-refractivity contribution in [3.63, 3.8) is 0 Å². The van der Waals surface area contributed by atoms with E-state index in [1.165, 1.54) is 0 Å². The second-order valence-corrected chi connectivity index (χ2v) is 8.63. The summed E-state index contributed by atoms with van der Waals surface area (Å²) in [6.45, 7) is 8.98. The maximum absolute atomic E-state index is 11.0. The van der Waals surface area contributed by atoms with Crippen LogP contribution in [0, 0.1) is 13.8 Å². The van der Waals surface area contributed by atoms with E-state index in [2.05, 4.69) is 11.1 Å². The Morgan fingerprint density at radius 1 is 0.639 bits per heavy atom. The van der Waals surface area contributed by atoms with Gasteiger partial charge in [-0.05, 0) is 56.5 Å². The van der Waals surface area contributed by atoms with Crippen molar-refractivity contribution < 1.29 is 19.7 Å². The number of nitrogens with zero attached hydrogens (tertiary/aromatic N) is 3. The molecular weight excluding hydrogens is 454 g/mol. The minimum atomic E-state index is -0.0427. The highest BCUT2D eigenvalue weighted by molar-refractivity contribution is 5.75. The second-order valence-electron chi connectivity index (χ2n) is 8.63. The van der Waals surface area contributed by atoms with Crippen molar-refractivity contribution >= 4 is 0 Å². The van der Waals surface area contributed by atoms with Gasteiger partial charge in [-0.25, -0.2) is 15.0 Å². The Morgan fingerprint density at radius 3 is 1.56 bits per heavy atom. The molecule has 4 aromatic rings. The molecule has 0 fully saturated rings. The molecule has 186 valence electrons. The van der Waals surface area contributed by atoms with Crippen LogP contribution in [0.25, 0.3) is 34.2 Å². The van der Waals surface area contributed by atoms with Gasteiger partial charge >= 0.3 is 0 Å². The lowest BCUT2D eigenvalue weighted by Crippen LogP contribution is -2.03. The van der Waals surface area contributed by atoms with Crippen molar-refractivity contribution in [1.29, 1.82) is 0 Å². The van der Waals surface area contributed by atoms with Crippen molar-refractivity contribution in [2.75, 3.05) is 13.2 Å². The zero-order chi connectivity index (χ0) is 25.7. The van der Waals surface area contributed by atoms with E-state index in [1.807, 2.05) is 39.8 Å². The molecule has 0 aliphatic rings. The summed E-state index contributed by atoms with van der Waals surface area (Å²) >= 11 is 0. The van der Waals surface area contributed by atoms with Gasteiger partial charge in [-0.2, -0.15) is 0 Å². The van der Waals surface area contributed by atoms with Crippen molar-refractivity contribution in [2.24, 2.45) is 0 Å². The Labute approximate surface area is 211 Å². The standard InChI is InChI=1S/C29H31N3O4/c1-5-15-35-23-11-7-9-21(25(23)33)28-30-27(20-14-13-18(3)17-19(20)4)31-29(32-28)22-10-8-12-24(26(22)34)36-16-6-2/h7-14,17,33-34H,5-6,15-16H2,1-4H3. The molecule has 0 radical (unpaired) electrons. The van der Waals surface area contributed by atoms with Gasteiger partial charge in [0.25, 0.3) is 0 Å². The Balaban J connectivity index is 1.92. The third kappa shape index (κ3) is 5.25. The summed E-state index contributed by atoms with van der Waals surface area (Å²) in [4.78, 5) is 14.1. The van der Waals surface area contributed by atoms with Crippen LogP contribution in [0.2, 0.25) is 0 Å². The summed E-state index contributed by atoms with van der Waals surface area (Å²) in [5.74, 6) is 1.62. The van der Waals surface area contributed by atoms with E-state index in [1.54, 1.807) is 36.4 Å². The van der Waals surface area contributed by atoms with Crippen molar-refractivity contribution in [1.82, 2.24) is 15.0 Å². The fourth-order valence-electron chi connectivity index (χ4n) is 3.86. The smallest absolute Gasteiger partial charge is 0.168 e. The molecule has 7 heteroatoms. The zero-order valence-electron chi connectivity index (χ0n) is 21.1. The van der Waals surface area contributed by atoms with Gasteiger partial charge in [-0.15, -0.1) is 0 Å². The van der Waals surface area contributed by atoms with Crippen molar-refractivity contribution in [3.8, 4) is 57.2 Å². The Hall–Kier alpha value is -4.13. The molecule has 2 N–H and O–H groups in total. The lowest BCUT2D eigenvalue weighted by molar-refractivity contribution is 0.300. The summed E-state index contributed by atoms with van der Waals surface area (Å²) < 4.78 is 11.4. The van der Waals surface area contributed by atoms with E-state index < -0.39 is 0 Å². The van der Waals surface area contributed by atoms with Crippen molar-refractivity contribution in [3.05, 3.63) is 65.7 Å². The normalized spacial score (nSPS) is 10.9. The topological polar surface area (TPSA) is 97.6 Å². The van der Waals surface area contributed by atoms with Crippen LogP contribution >= 0.6 is 0 Å². The number of phenolic OH excluding ortho intramolecular Hbond substituents is 2. The Bertz CT molecular complexity index is 1300. The number of rotatable bonds is 9. The first-order valence-electron chi connectivity index (χ1n) is 12.2. The van der Waals surface area contributed by atoms with Crippen LogP contribution in [0.3, 0.4) is 0 Å². The first-order valence-corrected chi connectivity index (χ1v) is 12.2. The number of phenols is 2. The first kappa shape index (κ1) is 25.0. The Kier molecular flexibility index (Phi) is 7.68. The van der Waals surface area contributed by atoms with Gasteiger partial charge in [0.2, 0.25) is 0 Å². The van der Waals surface area contributed by atoms with E-state index in [0.717, 1.165) is 29.5 Å². The van der Waals surface area contributed by atoms with Gasteiger partial charge in [0.1, 0.15) is 0 Å². The number of benzene rings is 3. The van der Waals surface area contributed by atoms with Crippen LogP contribution in [0.4, 0.5) is 0 Å². The maximum Gasteiger partial charge on any atom is 0.168 e. The number of aromatic hydroxyl groups is 2. The molecule has 0 aliphatic heterocycles. The van der Waals surface area contributed by atoms with E-state index in [9.17, 15) is 10.2 Å². The molecule has 0 amide bonds. The fourth-order valence-corrected chi connectivity index (χ4v) is 3.86. The number of hydrogen-bond donors (Lipinski definition) is 2. The quantitative estimate of drug-likeness (QED) is 0.280. The molecule has 0 aliphatic carbocycles. The largest absolute Gasteiger partial charge is 0.504 e. The molecule has 4 rings (SSSR count). The van der Waals surface area contributed by atoms with E-state index in [-0.39, 0.29) is 23.1 Å². The van der Waals surface area contributed by atoms with Crippen LogP contribution in [0.5, 0.6) is 23.0 Å². The number of para-hydroxylation sites is 2. The minimum Gasteiger partial charge on any atom is -0.504 e. The zero-order valence-corrected chi connectivity index (χ0v) is 21.1. The van der Waals surface area contributed by atoms with Gasteiger partial charge in [0.05, 0.1) is 24.3 Å². The molecule has 0 atom stereocenters. The third-order valence-electron chi connectivity index (χ3n) is 5.66. The predicted molar refractivity (Wildman–Crippen MR) is 141 cm³/mol. The maximum atomic E-state index is 11.0. The monoisotopic (exact) mass is 485 g/mol. The highest BCUT2D eigenvalue weighted by Gasteiger charge is 2.20. The summed E-state index contributed by atoms with van der Waals surface area (Å²) in [6.07, 6.45) is 1.62. The van der Waals surface area contributed by atoms with Gasteiger partial charge in [0.15, 0.2) is 40.5 Å². The molecular formula is C29H31N3O4. The highest BCUT2D eigenvalue weighted by Crippen LogP contribution is 2.39. The van der Waals surface area contributed by atoms with Crippen LogP contribution in [-0.4, -0.2) is 38.4 Å². The van der Waals surface area contributed by atoms with Gasteiger partial charge in [0, 0.05) is 5.56 Å². The molecule has 3 aromatic carbocycles. The summed E-state index contributed by atoms with van der Waals surface area (Å²) in [7, 11) is 0. The van der Waals surface area contributed by atoms with E-state index in [4.69, 9.17) is 19.4 Å². The van der Waals surface area contributed by atoms with Gasteiger partial charge in [-0.1, -0.05) is 49.7 Å². The fraction of sp³-hybridized carbons (Fsp3) is 0.276. The molecule has 1 aromatic heterocycles. The van der Waals surface area contributed by atoms with E-state index >= 15 is 0 Å². The third-order valence-corrected chi connectivity index (χ3v) is 5.66. The summed E-state index contributed by atoms with van der Waals surface area (Å²) in [6, 6.07) is 16.5. The minimum absolute atomic E-state index is 0.0427. The van der Waals surface area contributed by atoms with Crippen molar-refractivity contribution in [2.45, 2.75) is 40.5 Å². The molecule has 0 saturated carbocycles. The molecule has 36 heavy (non-hydrogen) atoms. The molecule has 0 bridgehead atoms. The molecule has 0 spiro atoms. The Morgan fingerprint density at radius 2 is 1.11 bits per heavy atom. The first-order chi connectivity index (χ1) is 17.4. The van der Waals surface area contributed by atoms with E-state index in [0.29, 0.717) is 41.7 Å². The molecule has 7 nitrogen and oxygen atoms in total. The molecule has 0 saturated heterocycles. The number of ether oxygens (including phenoxy) is 2. The van der Waals surface area contributed by atoms with Crippen LogP contribution in [0.15, 0.2) is 54.6 Å². The number of aromatic nitrogens is 3. The SMILES string of the molecule is CCCOc1cccc(-c2nc(-c3ccc(C)cc3C)nc(-c3cccc(OCCC)c3O)n2)c1O. The lowest BCUT2D eigenvalue weighted by atomic mass is 10.0. The predicted octanol–water partition coefficient (Wildman–Crippen LogP) is 6.48. The van der Waals surface area contributed by atoms with Crippen LogP contribution in [-0.2, 0) is 0 Å². The van der Waals surface area contributed by atoms with Crippen LogP contribution < -0.4 is 9.47 Å².